The molecule has 1 saturated heterocycles. The number of ether oxygens (including phenoxy) is 2. The zero-order chi connectivity index (χ0) is 16.9. The van der Waals surface area contributed by atoms with Crippen molar-refractivity contribution in [2.75, 3.05) is 40.0 Å². The number of methoxy groups -OCH3 is 1. The first kappa shape index (κ1) is 17.8. The Balaban J connectivity index is 1.98. The minimum atomic E-state index is -0.168. The van der Waals surface area contributed by atoms with Crippen LogP contribution in [0.15, 0.2) is 24.3 Å². The molecule has 1 fully saturated rings. The number of benzene rings is 1. The summed E-state index contributed by atoms with van der Waals surface area (Å²) in [6.07, 6.45) is 0.852. The molecule has 0 bridgehead atoms. The van der Waals surface area contributed by atoms with Crippen molar-refractivity contribution in [1.82, 2.24) is 4.90 Å². The number of hydrogen-bond donors (Lipinski definition) is 1. The minimum absolute atomic E-state index is 0.0180. The number of hydrogen-bond acceptors (Lipinski definition) is 4. The Morgan fingerprint density at radius 2 is 2.00 bits per heavy atom. The molecule has 128 valence electrons. The predicted molar refractivity (Wildman–Crippen MR) is 88.7 cm³/mol. The van der Waals surface area contributed by atoms with Gasteiger partial charge in [-0.3, -0.25) is 4.79 Å². The van der Waals surface area contributed by atoms with Crippen LogP contribution >= 0.6 is 0 Å². The van der Waals surface area contributed by atoms with Crippen LogP contribution in [0.3, 0.4) is 0 Å². The Morgan fingerprint density at radius 1 is 1.30 bits per heavy atom. The Hall–Kier alpha value is -1.59. The average molecular weight is 321 g/mol. The maximum atomic E-state index is 12.6. The third kappa shape index (κ3) is 4.03. The first-order valence-corrected chi connectivity index (χ1v) is 8.14. The van der Waals surface area contributed by atoms with Gasteiger partial charge in [0.25, 0.3) is 5.91 Å². The van der Waals surface area contributed by atoms with E-state index in [1.54, 1.807) is 31.4 Å². The second kappa shape index (κ2) is 7.79. The van der Waals surface area contributed by atoms with E-state index in [0.717, 1.165) is 12.2 Å². The van der Waals surface area contributed by atoms with Crippen molar-refractivity contribution in [3.63, 3.8) is 0 Å². The molecule has 0 aromatic heterocycles. The second-order valence-corrected chi connectivity index (χ2v) is 6.52. The van der Waals surface area contributed by atoms with Crippen molar-refractivity contribution in [3.8, 4) is 5.75 Å². The number of nitrogens with zero attached hydrogens (tertiary/aromatic N) is 1. The van der Waals surface area contributed by atoms with Crippen molar-refractivity contribution in [3.05, 3.63) is 29.8 Å². The number of aliphatic hydroxyl groups excluding tert-OH is 1. The molecule has 1 aliphatic heterocycles. The summed E-state index contributed by atoms with van der Waals surface area (Å²) >= 11 is 0. The van der Waals surface area contributed by atoms with Crippen LogP contribution in [-0.2, 0) is 4.74 Å². The topological polar surface area (TPSA) is 59.0 Å². The number of amides is 1. The summed E-state index contributed by atoms with van der Waals surface area (Å²) in [5.41, 5.74) is 0.486. The van der Waals surface area contributed by atoms with Gasteiger partial charge in [0.2, 0.25) is 0 Å². The van der Waals surface area contributed by atoms with Gasteiger partial charge in [-0.15, -0.1) is 0 Å². The molecular formula is C18H27NO4. The maximum Gasteiger partial charge on any atom is 0.253 e. The van der Waals surface area contributed by atoms with Gasteiger partial charge in [-0.05, 0) is 36.6 Å². The third-order valence-electron chi connectivity index (χ3n) is 4.87. The van der Waals surface area contributed by atoms with Crippen molar-refractivity contribution < 1.29 is 19.4 Å². The van der Waals surface area contributed by atoms with Crippen LogP contribution in [-0.4, -0.2) is 55.9 Å². The number of carbonyl (C=O) groups excluding carboxylic acids is 1. The highest BCUT2D eigenvalue weighted by Gasteiger charge is 2.41. The van der Waals surface area contributed by atoms with Crippen molar-refractivity contribution in [2.24, 2.45) is 11.3 Å². The molecule has 5 nitrogen and oxygen atoms in total. The number of likely N-dealkylation sites (tertiary alicyclic amines) is 1. The molecule has 1 aliphatic rings. The molecule has 2 rings (SSSR count). The maximum absolute atomic E-state index is 12.6. The zero-order valence-corrected chi connectivity index (χ0v) is 14.2. The average Bonchev–Trinajstić information content (AvgIpc) is 3.01. The van der Waals surface area contributed by atoms with E-state index in [2.05, 4.69) is 13.8 Å². The molecule has 1 unspecified atom stereocenters. The van der Waals surface area contributed by atoms with Gasteiger partial charge < -0.3 is 19.5 Å². The van der Waals surface area contributed by atoms with E-state index < -0.39 is 0 Å². The molecule has 23 heavy (non-hydrogen) atoms. The summed E-state index contributed by atoms with van der Waals surface area (Å²) in [5, 5.41) is 9.73. The summed E-state index contributed by atoms with van der Waals surface area (Å²) in [5.74, 6) is 1.10. The Bertz CT molecular complexity index is 514. The lowest BCUT2D eigenvalue weighted by Gasteiger charge is -2.31. The van der Waals surface area contributed by atoms with Crippen LogP contribution in [0, 0.1) is 11.3 Å². The van der Waals surface area contributed by atoms with Gasteiger partial charge in [0.15, 0.2) is 0 Å². The highest BCUT2D eigenvalue weighted by Crippen LogP contribution is 2.37. The lowest BCUT2D eigenvalue weighted by molar-refractivity contribution is 0.0650. The van der Waals surface area contributed by atoms with Crippen LogP contribution in [0.1, 0.15) is 30.6 Å². The summed E-state index contributed by atoms with van der Waals surface area (Å²) in [7, 11) is 1.63. The van der Waals surface area contributed by atoms with E-state index in [1.807, 2.05) is 4.90 Å². The fraction of sp³-hybridized carbons (Fsp3) is 0.611. The molecule has 5 heteroatoms. The van der Waals surface area contributed by atoms with Crippen molar-refractivity contribution in [2.45, 2.75) is 20.3 Å². The standard InChI is InChI=1S/C18H27NO4/c1-14(2)18(13-20)8-9-19(12-18)17(21)15-4-6-16(7-5-15)23-11-10-22-3/h4-7,14,20H,8-13H2,1-3H3. The van der Waals surface area contributed by atoms with Crippen molar-refractivity contribution in [1.29, 1.82) is 0 Å². The van der Waals surface area contributed by atoms with Gasteiger partial charge in [-0.1, -0.05) is 13.8 Å². The fourth-order valence-electron chi connectivity index (χ4n) is 2.97. The Labute approximate surface area is 138 Å². The second-order valence-electron chi connectivity index (χ2n) is 6.52. The van der Waals surface area contributed by atoms with Crippen LogP contribution in [0.4, 0.5) is 0 Å². The fourth-order valence-corrected chi connectivity index (χ4v) is 2.97. The van der Waals surface area contributed by atoms with Crippen molar-refractivity contribution >= 4 is 5.91 Å². The first-order valence-electron chi connectivity index (χ1n) is 8.14. The van der Waals surface area contributed by atoms with E-state index in [1.165, 1.54) is 0 Å². The molecular weight excluding hydrogens is 294 g/mol. The molecule has 0 aliphatic carbocycles. The summed E-state index contributed by atoms with van der Waals surface area (Å²) in [4.78, 5) is 14.5. The highest BCUT2D eigenvalue weighted by atomic mass is 16.5. The highest BCUT2D eigenvalue weighted by molar-refractivity contribution is 5.94. The lowest BCUT2D eigenvalue weighted by Crippen LogP contribution is -2.37. The van der Waals surface area contributed by atoms with Crippen LogP contribution < -0.4 is 4.74 Å². The summed E-state index contributed by atoms with van der Waals surface area (Å²) < 4.78 is 10.4. The van der Waals surface area contributed by atoms with E-state index in [-0.39, 0.29) is 17.9 Å². The molecule has 1 aromatic rings. The van der Waals surface area contributed by atoms with Gasteiger partial charge in [0.1, 0.15) is 12.4 Å². The molecule has 1 atom stereocenters. The molecule has 0 spiro atoms. The van der Waals surface area contributed by atoms with Crippen LogP contribution in [0.2, 0.25) is 0 Å². The molecule has 1 amide bonds. The normalized spacial score (nSPS) is 21.0. The first-order chi connectivity index (χ1) is 11.0. The number of aliphatic hydroxyl groups is 1. The van der Waals surface area contributed by atoms with Gasteiger partial charge in [-0.2, -0.15) is 0 Å². The third-order valence-corrected chi connectivity index (χ3v) is 4.87. The van der Waals surface area contributed by atoms with E-state index in [0.29, 0.717) is 37.8 Å². The van der Waals surface area contributed by atoms with E-state index in [4.69, 9.17) is 9.47 Å². The monoisotopic (exact) mass is 321 g/mol. The van der Waals surface area contributed by atoms with E-state index >= 15 is 0 Å². The quantitative estimate of drug-likeness (QED) is 0.782. The molecule has 1 heterocycles. The number of carbonyl (C=O) groups is 1. The summed E-state index contributed by atoms with van der Waals surface area (Å²) in [6.45, 7) is 6.68. The Kier molecular flexibility index (Phi) is 6.02. The van der Waals surface area contributed by atoms with E-state index in [9.17, 15) is 9.90 Å². The summed E-state index contributed by atoms with van der Waals surface area (Å²) in [6, 6.07) is 7.19. The lowest BCUT2D eigenvalue weighted by atomic mass is 9.77. The largest absolute Gasteiger partial charge is 0.491 e. The molecule has 0 saturated carbocycles. The van der Waals surface area contributed by atoms with Gasteiger partial charge in [0.05, 0.1) is 13.2 Å². The van der Waals surface area contributed by atoms with Crippen LogP contribution in [0.5, 0.6) is 5.75 Å². The minimum Gasteiger partial charge on any atom is -0.491 e. The smallest absolute Gasteiger partial charge is 0.253 e. The number of rotatable bonds is 7. The predicted octanol–water partition coefficient (Wildman–Crippen LogP) is 2.19. The van der Waals surface area contributed by atoms with Gasteiger partial charge in [-0.25, -0.2) is 0 Å². The SMILES string of the molecule is COCCOc1ccc(C(=O)N2CCC(CO)(C(C)C)C2)cc1. The Morgan fingerprint density at radius 3 is 2.52 bits per heavy atom. The van der Waals surface area contributed by atoms with Gasteiger partial charge in [0, 0.05) is 31.2 Å². The molecule has 0 radical (unpaired) electrons. The van der Waals surface area contributed by atoms with Crippen LogP contribution in [0.25, 0.3) is 0 Å². The molecule has 1 N–H and O–H groups in total. The van der Waals surface area contributed by atoms with Gasteiger partial charge >= 0.3 is 0 Å². The zero-order valence-electron chi connectivity index (χ0n) is 14.2. The molecule has 1 aromatic carbocycles.